The summed E-state index contributed by atoms with van der Waals surface area (Å²) < 4.78 is 45.4. The number of aromatic amines is 1. The number of carbonyl (C=O) groups is 1. The fraction of sp³-hybridized carbons (Fsp3) is 0.118. The van der Waals surface area contributed by atoms with Crippen molar-refractivity contribution in [2.75, 3.05) is 0 Å². The number of para-hydroxylation sites is 1. The van der Waals surface area contributed by atoms with Gasteiger partial charge in [-0.25, -0.2) is 4.36 Å². The van der Waals surface area contributed by atoms with E-state index in [1.165, 1.54) is 19.1 Å². The lowest BCUT2D eigenvalue weighted by Crippen LogP contribution is -2.22. The molecule has 0 fully saturated rings. The molecule has 3 rings (SSSR count). The molecule has 0 bridgehead atoms. The highest BCUT2D eigenvalue weighted by Gasteiger charge is 2.30. The Morgan fingerprint density at radius 1 is 1.12 bits per heavy atom. The van der Waals surface area contributed by atoms with E-state index in [-0.39, 0.29) is 5.91 Å². The Bertz CT molecular complexity index is 946. The van der Waals surface area contributed by atoms with Crippen LogP contribution in [-0.4, -0.2) is 10.9 Å². The Morgan fingerprint density at radius 3 is 2.44 bits per heavy atom. The molecule has 1 heterocycles. The SMILES string of the molecule is CC(=O)NS(=Nc1c[nH]c2ccccc12)c1ccc(C(F)(F)F)cc1. The second-order valence-corrected chi connectivity index (χ2v) is 6.70. The van der Waals surface area contributed by atoms with Crippen molar-refractivity contribution < 1.29 is 18.0 Å². The lowest BCUT2D eigenvalue weighted by Gasteiger charge is -2.11. The number of nitrogens with one attached hydrogen (secondary N) is 2. The summed E-state index contributed by atoms with van der Waals surface area (Å²) >= 11 is 0. The minimum atomic E-state index is -4.40. The quantitative estimate of drug-likeness (QED) is 0.693. The van der Waals surface area contributed by atoms with Gasteiger partial charge in [-0.05, 0) is 30.3 Å². The summed E-state index contributed by atoms with van der Waals surface area (Å²) in [7, 11) is -1.10. The van der Waals surface area contributed by atoms with Gasteiger partial charge in [-0.3, -0.25) is 9.52 Å². The van der Waals surface area contributed by atoms with Crippen molar-refractivity contribution in [2.45, 2.75) is 18.0 Å². The summed E-state index contributed by atoms with van der Waals surface area (Å²) in [6, 6.07) is 12.2. The molecule has 4 nitrogen and oxygen atoms in total. The summed E-state index contributed by atoms with van der Waals surface area (Å²) in [5.41, 5.74) is 0.780. The van der Waals surface area contributed by atoms with Crippen LogP contribution in [0.5, 0.6) is 0 Å². The number of amides is 1. The Balaban J connectivity index is 2.04. The van der Waals surface area contributed by atoms with Crippen LogP contribution in [0.2, 0.25) is 0 Å². The van der Waals surface area contributed by atoms with E-state index >= 15 is 0 Å². The van der Waals surface area contributed by atoms with E-state index in [4.69, 9.17) is 0 Å². The molecule has 0 radical (unpaired) electrons. The fourth-order valence-electron chi connectivity index (χ4n) is 2.27. The topological polar surface area (TPSA) is 57.2 Å². The van der Waals surface area contributed by atoms with Crippen LogP contribution in [0.15, 0.2) is 64.0 Å². The van der Waals surface area contributed by atoms with Gasteiger partial charge >= 0.3 is 6.18 Å². The molecule has 0 saturated heterocycles. The maximum atomic E-state index is 12.7. The summed E-state index contributed by atoms with van der Waals surface area (Å²) in [5, 5.41) is 0.872. The molecule has 1 aromatic heterocycles. The van der Waals surface area contributed by atoms with E-state index in [0.29, 0.717) is 10.6 Å². The first-order chi connectivity index (χ1) is 11.8. The van der Waals surface area contributed by atoms with Crippen LogP contribution in [0.25, 0.3) is 10.9 Å². The van der Waals surface area contributed by atoms with E-state index in [9.17, 15) is 18.0 Å². The van der Waals surface area contributed by atoms with Crippen molar-refractivity contribution in [3.05, 3.63) is 60.3 Å². The predicted molar refractivity (Wildman–Crippen MR) is 91.3 cm³/mol. The normalized spacial score (nSPS) is 13.1. The van der Waals surface area contributed by atoms with Gasteiger partial charge in [0.15, 0.2) is 0 Å². The molecule has 0 aliphatic carbocycles. The molecule has 0 aliphatic heterocycles. The van der Waals surface area contributed by atoms with Gasteiger partial charge in [0.2, 0.25) is 5.91 Å². The molecule has 25 heavy (non-hydrogen) atoms. The third-order valence-corrected chi connectivity index (χ3v) is 4.98. The standard InChI is InChI=1S/C17H14F3N3OS/c1-11(24)22-25(13-8-6-12(7-9-13)17(18,19)20)23-16-10-21-15-5-3-2-4-14(15)16/h2-10,21H,1H3,(H,22,23,24). The molecule has 2 aromatic carbocycles. The number of halogens is 3. The van der Waals surface area contributed by atoms with Crippen LogP contribution in [0.3, 0.4) is 0 Å². The zero-order valence-corrected chi connectivity index (χ0v) is 13.9. The number of benzene rings is 2. The highest BCUT2D eigenvalue weighted by atomic mass is 32.2. The highest BCUT2D eigenvalue weighted by molar-refractivity contribution is 7.86. The predicted octanol–water partition coefficient (Wildman–Crippen LogP) is 4.73. The minimum absolute atomic E-state index is 0.313. The Hall–Kier alpha value is -2.61. The van der Waals surface area contributed by atoms with E-state index in [1.54, 1.807) is 6.20 Å². The number of aromatic nitrogens is 1. The van der Waals surface area contributed by atoms with Crippen molar-refractivity contribution >= 4 is 33.4 Å². The van der Waals surface area contributed by atoms with Gasteiger partial charge in [-0.15, -0.1) is 0 Å². The Kier molecular flexibility index (Phi) is 4.63. The molecule has 1 unspecified atom stereocenters. The molecule has 8 heteroatoms. The van der Waals surface area contributed by atoms with E-state index < -0.39 is 22.6 Å². The smallest absolute Gasteiger partial charge is 0.359 e. The summed E-state index contributed by atoms with van der Waals surface area (Å²) in [6.07, 6.45) is -2.70. The molecule has 0 saturated carbocycles. The second kappa shape index (κ2) is 6.72. The van der Waals surface area contributed by atoms with Crippen molar-refractivity contribution in [3.63, 3.8) is 0 Å². The molecular formula is C17H14F3N3OS. The van der Waals surface area contributed by atoms with Crippen LogP contribution in [0.1, 0.15) is 12.5 Å². The van der Waals surface area contributed by atoms with Gasteiger partial charge in [0.1, 0.15) is 0 Å². The molecule has 3 aromatic rings. The minimum Gasteiger partial charge on any atom is -0.359 e. The Morgan fingerprint density at radius 2 is 1.80 bits per heavy atom. The van der Waals surface area contributed by atoms with Gasteiger partial charge < -0.3 is 4.98 Å². The number of carbonyl (C=O) groups excluding carboxylic acids is 1. The fourth-order valence-corrected chi connectivity index (χ4v) is 3.56. The number of nitrogens with zero attached hydrogens (tertiary/aromatic N) is 1. The van der Waals surface area contributed by atoms with Crippen molar-refractivity contribution in [3.8, 4) is 0 Å². The lowest BCUT2D eigenvalue weighted by atomic mass is 10.2. The average Bonchev–Trinajstić information content (AvgIpc) is 2.96. The molecule has 1 atom stereocenters. The number of hydrogen-bond acceptors (Lipinski definition) is 2. The summed E-state index contributed by atoms with van der Waals surface area (Å²) in [6.45, 7) is 1.34. The van der Waals surface area contributed by atoms with Gasteiger partial charge in [0, 0.05) is 39.8 Å². The second-order valence-electron chi connectivity index (χ2n) is 5.28. The molecular weight excluding hydrogens is 351 g/mol. The number of rotatable bonds is 3. The van der Waals surface area contributed by atoms with Crippen LogP contribution < -0.4 is 4.72 Å². The largest absolute Gasteiger partial charge is 0.416 e. The number of hydrogen-bond donors (Lipinski definition) is 2. The number of fused-ring (bicyclic) bond motifs is 1. The first kappa shape index (κ1) is 17.2. The van der Waals surface area contributed by atoms with Gasteiger partial charge in [-0.1, -0.05) is 18.2 Å². The van der Waals surface area contributed by atoms with Crippen molar-refractivity contribution in [2.24, 2.45) is 4.36 Å². The molecule has 0 aliphatic rings. The van der Waals surface area contributed by atoms with Gasteiger partial charge in [-0.2, -0.15) is 13.2 Å². The molecule has 1 amide bonds. The zero-order chi connectivity index (χ0) is 18.0. The molecule has 130 valence electrons. The summed E-state index contributed by atoms with van der Waals surface area (Å²) in [4.78, 5) is 15.1. The highest BCUT2D eigenvalue weighted by Crippen LogP contribution is 2.30. The maximum Gasteiger partial charge on any atom is 0.416 e. The Labute approximate surface area is 144 Å². The average molecular weight is 365 g/mol. The monoisotopic (exact) mass is 365 g/mol. The summed E-state index contributed by atoms with van der Waals surface area (Å²) in [5.74, 6) is -0.313. The third kappa shape index (κ3) is 3.90. The van der Waals surface area contributed by atoms with E-state index in [0.717, 1.165) is 23.0 Å². The van der Waals surface area contributed by atoms with Crippen molar-refractivity contribution in [1.29, 1.82) is 0 Å². The third-order valence-electron chi connectivity index (χ3n) is 3.40. The van der Waals surface area contributed by atoms with Crippen LogP contribution >= 0.6 is 0 Å². The first-order valence-electron chi connectivity index (χ1n) is 7.31. The lowest BCUT2D eigenvalue weighted by molar-refractivity contribution is -0.137. The molecule has 2 N–H and O–H groups in total. The number of H-pyrrole nitrogens is 1. The van der Waals surface area contributed by atoms with Crippen LogP contribution in [0, 0.1) is 0 Å². The van der Waals surface area contributed by atoms with Crippen LogP contribution in [-0.2, 0) is 21.8 Å². The van der Waals surface area contributed by atoms with E-state index in [2.05, 4.69) is 14.1 Å². The number of alkyl halides is 3. The van der Waals surface area contributed by atoms with Crippen LogP contribution in [0.4, 0.5) is 18.9 Å². The van der Waals surface area contributed by atoms with Gasteiger partial charge in [0.05, 0.1) is 11.3 Å². The van der Waals surface area contributed by atoms with Crippen molar-refractivity contribution in [1.82, 2.24) is 9.71 Å². The molecule has 0 spiro atoms. The van der Waals surface area contributed by atoms with E-state index in [1.807, 2.05) is 24.3 Å². The maximum absolute atomic E-state index is 12.7. The van der Waals surface area contributed by atoms with Gasteiger partial charge in [0.25, 0.3) is 0 Å². The first-order valence-corrected chi connectivity index (χ1v) is 8.49. The zero-order valence-electron chi connectivity index (χ0n) is 13.1.